The first kappa shape index (κ1) is 19.0. The van der Waals surface area contributed by atoms with Crippen molar-refractivity contribution in [1.29, 1.82) is 0 Å². The van der Waals surface area contributed by atoms with Crippen LogP contribution in [0.15, 0.2) is 65.6 Å². The lowest BCUT2D eigenvalue weighted by atomic mass is 9.93. The van der Waals surface area contributed by atoms with E-state index in [-0.39, 0.29) is 10.6 Å². The summed E-state index contributed by atoms with van der Waals surface area (Å²) in [4.78, 5) is 14.9. The van der Waals surface area contributed by atoms with Crippen LogP contribution in [0.5, 0.6) is 0 Å². The molecule has 4 rings (SSSR count). The molecule has 1 fully saturated rings. The Kier molecular flexibility index (Phi) is 5.15. The highest BCUT2D eigenvalue weighted by atomic mass is 35.5. The Morgan fingerprint density at radius 3 is 2.50 bits per heavy atom. The average molecular weight is 416 g/mol. The molecule has 1 aromatic heterocycles. The Balaban J connectivity index is 1.67. The minimum Gasteiger partial charge on any atom is -0.367 e. The lowest BCUT2D eigenvalue weighted by Gasteiger charge is -2.42. The zero-order chi connectivity index (χ0) is 19.7. The van der Waals surface area contributed by atoms with Crippen LogP contribution < -0.4 is 10.5 Å². The Morgan fingerprint density at radius 1 is 1.07 bits per heavy atom. The third kappa shape index (κ3) is 3.53. The van der Waals surface area contributed by atoms with E-state index >= 15 is 0 Å². The fourth-order valence-electron chi connectivity index (χ4n) is 3.45. The van der Waals surface area contributed by atoms with Gasteiger partial charge in [0.25, 0.3) is 5.56 Å². The number of hydrogen-bond acceptors (Lipinski definition) is 4. The summed E-state index contributed by atoms with van der Waals surface area (Å²) in [5, 5.41) is 5.06. The molecule has 0 amide bonds. The molecule has 1 saturated heterocycles. The van der Waals surface area contributed by atoms with Gasteiger partial charge in [-0.2, -0.15) is 9.78 Å². The van der Waals surface area contributed by atoms with Crippen LogP contribution in [0.4, 0.5) is 5.69 Å². The van der Waals surface area contributed by atoms with Crippen molar-refractivity contribution in [2.45, 2.75) is 12.5 Å². The first-order chi connectivity index (χ1) is 13.5. The minimum absolute atomic E-state index is 0.141. The van der Waals surface area contributed by atoms with E-state index < -0.39 is 5.60 Å². The molecule has 28 heavy (non-hydrogen) atoms. The maximum absolute atomic E-state index is 12.8. The van der Waals surface area contributed by atoms with Gasteiger partial charge in [0.15, 0.2) is 0 Å². The van der Waals surface area contributed by atoms with Gasteiger partial charge in [0.2, 0.25) is 0 Å². The van der Waals surface area contributed by atoms with Gasteiger partial charge in [0.05, 0.1) is 30.7 Å². The third-order valence-corrected chi connectivity index (χ3v) is 5.58. The van der Waals surface area contributed by atoms with E-state index in [0.717, 1.165) is 5.56 Å². The summed E-state index contributed by atoms with van der Waals surface area (Å²) in [6.45, 7) is 3.78. The summed E-state index contributed by atoms with van der Waals surface area (Å²) < 4.78 is 7.35. The molecule has 0 saturated carbocycles. The molecule has 1 aliphatic rings. The highest BCUT2D eigenvalue weighted by molar-refractivity contribution is 6.33. The first-order valence-electron chi connectivity index (χ1n) is 8.96. The van der Waals surface area contributed by atoms with Crippen LogP contribution >= 0.6 is 23.2 Å². The zero-order valence-corrected chi connectivity index (χ0v) is 16.8. The summed E-state index contributed by atoms with van der Waals surface area (Å²) in [6.07, 6.45) is 1.63. The summed E-state index contributed by atoms with van der Waals surface area (Å²) >= 11 is 12.4. The molecular formula is C21H19Cl2N3O2. The highest BCUT2D eigenvalue weighted by Crippen LogP contribution is 2.33. The van der Waals surface area contributed by atoms with E-state index in [1.54, 1.807) is 30.5 Å². The number of benzene rings is 2. The molecule has 0 N–H and O–H groups in total. The molecule has 0 radical (unpaired) electrons. The summed E-state index contributed by atoms with van der Waals surface area (Å²) in [5.74, 6) is 0. The summed E-state index contributed by atoms with van der Waals surface area (Å²) in [6, 6.07) is 16.9. The SMILES string of the molecule is CC1(c2ccccc2)CN(c2cnn(-c3ccc(Cl)cc3)c(=O)c2Cl)CCO1. The van der Waals surface area contributed by atoms with Crippen molar-refractivity contribution in [3.63, 3.8) is 0 Å². The van der Waals surface area contributed by atoms with Gasteiger partial charge in [-0.3, -0.25) is 4.79 Å². The number of aromatic nitrogens is 2. The van der Waals surface area contributed by atoms with Crippen LogP contribution in [0.1, 0.15) is 12.5 Å². The first-order valence-corrected chi connectivity index (χ1v) is 9.72. The molecule has 1 unspecified atom stereocenters. The van der Waals surface area contributed by atoms with Gasteiger partial charge >= 0.3 is 0 Å². The van der Waals surface area contributed by atoms with E-state index in [2.05, 4.69) is 10.00 Å². The Hall–Kier alpha value is -2.34. The smallest absolute Gasteiger partial charge is 0.292 e. The van der Waals surface area contributed by atoms with Gasteiger partial charge in [-0.05, 0) is 36.8 Å². The molecule has 1 atom stereocenters. The van der Waals surface area contributed by atoms with Crippen LogP contribution in [0, 0.1) is 0 Å². The van der Waals surface area contributed by atoms with E-state index in [0.29, 0.717) is 36.1 Å². The molecule has 1 aliphatic heterocycles. The predicted octanol–water partition coefficient (Wildman–Crippen LogP) is 4.29. The van der Waals surface area contributed by atoms with Gasteiger partial charge in [0.1, 0.15) is 10.6 Å². The van der Waals surface area contributed by atoms with Crippen molar-refractivity contribution in [1.82, 2.24) is 9.78 Å². The maximum Gasteiger partial charge on any atom is 0.292 e. The molecule has 2 aromatic carbocycles. The van der Waals surface area contributed by atoms with Gasteiger partial charge in [-0.25, -0.2) is 0 Å². The van der Waals surface area contributed by atoms with E-state index in [1.807, 2.05) is 37.3 Å². The van der Waals surface area contributed by atoms with Gasteiger partial charge < -0.3 is 9.64 Å². The average Bonchev–Trinajstić information content (AvgIpc) is 2.71. The van der Waals surface area contributed by atoms with Crippen molar-refractivity contribution in [3.8, 4) is 5.69 Å². The van der Waals surface area contributed by atoms with Gasteiger partial charge in [0, 0.05) is 11.6 Å². The maximum atomic E-state index is 12.8. The van der Waals surface area contributed by atoms with Crippen LogP contribution in [-0.2, 0) is 10.3 Å². The quantitative estimate of drug-likeness (QED) is 0.639. The van der Waals surface area contributed by atoms with Crippen LogP contribution in [0.2, 0.25) is 10.0 Å². The summed E-state index contributed by atoms with van der Waals surface area (Å²) in [5.41, 5.74) is 1.45. The summed E-state index contributed by atoms with van der Waals surface area (Å²) in [7, 11) is 0. The van der Waals surface area contributed by atoms with Crippen molar-refractivity contribution in [3.05, 3.63) is 86.8 Å². The van der Waals surface area contributed by atoms with Crippen molar-refractivity contribution in [2.75, 3.05) is 24.6 Å². The van der Waals surface area contributed by atoms with Crippen molar-refractivity contribution >= 4 is 28.9 Å². The zero-order valence-electron chi connectivity index (χ0n) is 15.3. The molecule has 5 nitrogen and oxygen atoms in total. The number of anilines is 1. The molecule has 0 bridgehead atoms. The van der Waals surface area contributed by atoms with Crippen LogP contribution in [0.3, 0.4) is 0 Å². The van der Waals surface area contributed by atoms with E-state index in [9.17, 15) is 4.79 Å². The minimum atomic E-state index is -0.492. The number of rotatable bonds is 3. The number of nitrogens with zero attached hydrogens (tertiary/aromatic N) is 3. The fraction of sp³-hybridized carbons (Fsp3) is 0.238. The Labute approximate surface area is 173 Å². The largest absolute Gasteiger partial charge is 0.367 e. The lowest BCUT2D eigenvalue weighted by molar-refractivity contribution is -0.0466. The molecule has 3 aromatic rings. The predicted molar refractivity (Wildman–Crippen MR) is 112 cm³/mol. The highest BCUT2D eigenvalue weighted by Gasteiger charge is 2.35. The van der Waals surface area contributed by atoms with Gasteiger partial charge in [-0.1, -0.05) is 53.5 Å². The fourth-order valence-corrected chi connectivity index (χ4v) is 3.83. The second-order valence-corrected chi connectivity index (χ2v) is 7.72. The van der Waals surface area contributed by atoms with E-state index in [4.69, 9.17) is 27.9 Å². The van der Waals surface area contributed by atoms with Gasteiger partial charge in [-0.15, -0.1) is 0 Å². The molecule has 144 valence electrons. The molecule has 7 heteroatoms. The number of ether oxygens (including phenoxy) is 1. The Bertz CT molecular complexity index is 1040. The number of halogens is 2. The molecule has 0 spiro atoms. The molecule has 2 heterocycles. The molecular weight excluding hydrogens is 397 g/mol. The monoisotopic (exact) mass is 415 g/mol. The lowest BCUT2D eigenvalue weighted by Crippen LogP contribution is -2.48. The second kappa shape index (κ2) is 7.59. The normalized spacial score (nSPS) is 19.6. The number of hydrogen-bond donors (Lipinski definition) is 0. The van der Waals surface area contributed by atoms with Crippen molar-refractivity contribution in [2.24, 2.45) is 0 Å². The third-order valence-electron chi connectivity index (χ3n) is 4.97. The second-order valence-electron chi connectivity index (χ2n) is 6.90. The standard InChI is InChI=1S/C21H19Cl2N3O2/c1-21(15-5-3-2-4-6-15)14-25(11-12-28-21)18-13-24-26(20(27)19(18)23)17-9-7-16(22)8-10-17/h2-10,13H,11-12,14H2,1H3. The van der Waals surface area contributed by atoms with E-state index in [1.165, 1.54) is 4.68 Å². The Morgan fingerprint density at radius 2 is 1.79 bits per heavy atom. The van der Waals surface area contributed by atoms with Crippen LogP contribution in [-0.4, -0.2) is 29.5 Å². The van der Waals surface area contributed by atoms with Crippen molar-refractivity contribution < 1.29 is 4.74 Å². The molecule has 0 aliphatic carbocycles. The number of morpholine rings is 1. The van der Waals surface area contributed by atoms with Crippen LogP contribution in [0.25, 0.3) is 5.69 Å². The topological polar surface area (TPSA) is 47.4 Å².